The molecule has 0 atom stereocenters. The van der Waals surface area contributed by atoms with Gasteiger partial charge in [0.1, 0.15) is 18.2 Å². The molecular weight excluding hydrogens is 411 g/mol. The first kappa shape index (κ1) is 21.2. The Balaban J connectivity index is 1.38. The van der Waals surface area contributed by atoms with Gasteiger partial charge in [0.15, 0.2) is 0 Å². The normalized spacial score (nSPS) is 12.6. The fourth-order valence-corrected chi connectivity index (χ4v) is 3.52. The smallest absolute Gasteiger partial charge is 0.261 e. The van der Waals surface area contributed by atoms with Crippen LogP contribution in [0.4, 0.5) is 4.39 Å². The standard InChI is InChI=1S/C25H21FN2O4/c1-27(13-14-32-20-11-9-19(26)10-12-20)23(29)18-6-4-5-17(15-18)16-28-24(30)21-7-2-3-8-22(21)25(28)31/h2-12,15H,13-14,16H2,1H3. The van der Waals surface area contributed by atoms with Crippen LogP contribution in [0.5, 0.6) is 5.75 Å². The van der Waals surface area contributed by atoms with Crippen LogP contribution in [0.1, 0.15) is 36.6 Å². The Labute approximate surface area is 184 Å². The SMILES string of the molecule is CN(CCOc1ccc(F)cc1)C(=O)c1cccc(CN2C(=O)c3ccccc3C2=O)c1. The molecule has 162 valence electrons. The number of imide groups is 1. The molecule has 1 aliphatic heterocycles. The maximum Gasteiger partial charge on any atom is 0.261 e. The second-order valence-corrected chi connectivity index (χ2v) is 7.47. The van der Waals surface area contributed by atoms with Crippen LogP contribution < -0.4 is 4.74 Å². The van der Waals surface area contributed by atoms with Crippen LogP contribution in [0.15, 0.2) is 72.8 Å². The topological polar surface area (TPSA) is 66.9 Å². The molecule has 0 aliphatic carbocycles. The molecule has 0 bridgehead atoms. The molecule has 0 fully saturated rings. The molecule has 0 spiro atoms. The van der Waals surface area contributed by atoms with Crippen molar-refractivity contribution in [2.24, 2.45) is 0 Å². The van der Waals surface area contributed by atoms with E-state index in [1.165, 1.54) is 34.1 Å². The zero-order valence-electron chi connectivity index (χ0n) is 17.5. The average molecular weight is 432 g/mol. The fourth-order valence-electron chi connectivity index (χ4n) is 3.52. The minimum absolute atomic E-state index is 0.0882. The van der Waals surface area contributed by atoms with Crippen molar-refractivity contribution in [3.63, 3.8) is 0 Å². The first-order valence-corrected chi connectivity index (χ1v) is 10.1. The molecule has 7 heteroatoms. The van der Waals surface area contributed by atoms with Crippen molar-refractivity contribution >= 4 is 17.7 Å². The molecule has 0 N–H and O–H groups in total. The zero-order chi connectivity index (χ0) is 22.7. The Hall–Kier alpha value is -4.00. The Kier molecular flexibility index (Phi) is 5.98. The Morgan fingerprint density at radius 1 is 0.938 bits per heavy atom. The van der Waals surface area contributed by atoms with Crippen LogP contribution in [0.2, 0.25) is 0 Å². The third-order valence-electron chi connectivity index (χ3n) is 5.25. The number of likely N-dealkylation sites (N-methyl/N-ethyl adjacent to an activating group) is 1. The van der Waals surface area contributed by atoms with E-state index in [9.17, 15) is 18.8 Å². The summed E-state index contributed by atoms with van der Waals surface area (Å²) >= 11 is 0. The van der Waals surface area contributed by atoms with Crippen molar-refractivity contribution in [2.75, 3.05) is 20.2 Å². The summed E-state index contributed by atoms with van der Waals surface area (Å²) in [6, 6.07) is 19.3. The lowest BCUT2D eigenvalue weighted by Gasteiger charge is -2.19. The van der Waals surface area contributed by atoms with Crippen molar-refractivity contribution < 1.29 is 23.5 Å². The van der Waals surface area contributed by atoms with Gasteiger partial charge in [-0.05, 0) is 54.1 Å². The van der Waals surface area contributed by atoms with Crippen molar-refractivity contribution in [3.8, 4) is 5.75 Å². The van der Waals surface area contributed by atoms with Crippen LogP contribution in [-0.4, -0.2) is 47.7 Å². The molecule has 3 amide bonds. The molecule has 0 aromatic heterocycles. The van der Waals surface area contributed by atoms with E-state index in [4.69, 9.17) is 4.74 Å². The molecule has 0 saturated carbocycles. The summed E-state index contributed by atoms with van der Waals surface area (Å²) < 4.78 is 18.5. The third kappa shape index (κ3) is 4.37. The zero-order valence-corrected chi connectivity index (χ0v) is 17.5. The lowest BCUT2D eigenvalue weighted by molar-refractivity contribution is 0.0642. The summed E-state index contributed by atoms with van der Waals surface area (Å²) in [5.74, 6) is -0.701. The average Bonchev–Trinajstić information content (AvgIpc) is 3.05. The van der Waals surface area contributed by atoms with Crippen LogP contribution in [0.3, 0.4) is 0 Å². The number of hydrogen-bond donors (Lipinski definition) is 0. The van der Waals surface area contributed by atoms with Crippen molar-refractivity contribution in [2.45, 2.75) is 6.54 Å². The molecule has 1 heterocycles. The lowest BCUT2D eigenvalue weighted by Crippen LogP contribution is -2.31. The van der Waals surface area contributed by atoms with Gasteiger partial charge < -0.3 is 9.64 Å². The van der Waals surface area contributed by atoms with E-state index < -0.39 is 0 Å². The molecule has 6 nitrogen and oxygen atoms in total. The number of halogens is 1. The monoisotopic (exact) mass is 432 g/mol. The summed E-state index contributed by atoms with van der Waals surface area (Å²) in [6.07, 6.45) is 0. The van der Waals surface area contributed by atoms with Gasteiger partial charge in [0.2, 0.25) is 0 Å². The Morgan fingerprint density at radius 2 is 1.59 bits per heavy atom. The summed E-state index contributed by atoms with van der Waals surface area (Å²) in [5, 5.41) is 0. The highest BCUT2D eigenvalue weighted by atomic mass is 19.1. The van der Waals surface area contributed by atoms with E-state index >= 15 is 0 Å². The second kappa shape index (κ2) is 9.01. The molecule has 0 unspecified atom stereocenters. The van der Waals surface area contributed by atoms with Gasteiger partial charge in [0, 0.05) is 12.6 Å². The summed E-state index contributed by atoms with van der Waals surface area (Å²) in [4.78, 5) is 40.7. The number of nitrogens with zero attached hydrogens (tertiary/aromatic N) is 2. The quantitative estimate of drug-likeness (QED) is 0.533. The highest BCUT2D eigenvalue weighted by Crippen LogP contribution is 2.24. The summed E-state index contributed by atoms with van der Waals surface area (Å²) in [7, 11) is 1.66. The van der Waals surface area contributed by atoms with E-state index in [0.29, 0.717) is 34.5 Å². The minimum atomic E-state index is -0.342. The van der Waals surface area contributed by atoms with E-state index in [1.54, 1.807) is 55.6 Å². The number of rotatable bonds is 7. The van der Waals surface area contributed by atoms with E-state index in [-0.39, 0.29) is 36.7 Å². The number of carbonyl (C=O) groups excluding carboxylic acids is 3. The van der Waals surface area contributed by atoms with E-state index in [2.05, 4.69) is 0 Å². The molecule has 0 radical (unpaired) electrons. The molecule has 4 rings (SSSR count). The number of carbonyl (C=O) groups is 3. The van der Waals surface area contributed by atoms with Crippen LogP contribution in [0, 0.1) is 5.82 Å². The van der Waals surface area contributed by atoms with Crippen molar-refractivity contribution in [3.05, 3.63) is 101 Å². The van der Waals surface area contributed by atoms with Gasteiger partial charge in [0.25, 0.3) is 17.7 Å². The molecular formula is C25H21FN2O4. The van der Waals surface area contributed by atoms with Crippen LogP contribution >= 0.6 is 0 Å². The Bertz CT molecular complexity index is 1140. The molecule has 32 heavy (non-hydrogen) atoms. The van der Waals surface area contributed by atoms with Gasteiger partial charge in [-0.3, -0.25) is 19.3 Å². The van der Waals surface area contributed by atoms with Gasteiger partial charge in [-0.2, -0.15) is 0 Å². The number of fused-ring (bicyclic) bond motifs is 1. The van der Waals surface area contributed by atoms with Gasteiger partial charge >= 0.3 is 0 Å². The van der Waals surface area contributed by atoms with E-state index in [1.807, 2.05) is 0 Å². The highest BCUT2D eigenvalue weighted by Gasteiger charge is 2.35. The summed E-state index contributed by atoms with van der Waals surface area (Å²) in [6.45, 7) is 0.673. The maximum absolute atomic E-state index is 13.0. The van der Waals surface area contributed by atoms with Gasteiger partial charge in [0.05, 0.1) is 24.2 Å². The fraction of sp³-hybridized carbons (Fsp3) is 0.160. The van der Waals surface area contributed by atoms with Crippen molar-refractivity contribution in [1.29, 1.82) is 0 Å². The third-order valence-corrected chi connectivity index (χ3v) is 5.25. The van der Waals surface area contributed by atoms with Crippen LogP contribution in [0.25, 0.3) is 0 Å². The highest BCUT2D eigenvalue weighted by molar-refractivity contribution is 6.21. The number of benzene rings is 3. The summed E-state index contributed by atoms with van der Waals surface area (Å²) in [5.41, 5.74) is 1.92. The van der Waals surface area contributed by atoms with Gasteiger partial charge in [-0.15, -0.1) is 0 Å². The lowest BCUT2D eigenvalue weighted by atomic mass is 10.1. The number of amides is 3. The van der Waals surface area contributed by atoms with E-state index in [0.717, 1.165) is 0 Å². The number of ether oxygens (including phenoxy) is 1. The molecule has 3 aromatic carbocycles. The first-order chi connectivity index (χ1) is 15.4. The van der Waals surface area contributed by atoms with Gasteiger partial charge in [-0.1, -0.05) is 24.3 Å². The second-order valence-electron chi connectivity index (χ2n) is 7.47. The number of hydrogen-bond acceptors (Lipinski definition) is 4. The minimum Gasteiger partial charge on any atom is -0.492 e. The molecule has 0 saturated heterocycles. The Morgan fingerprint density at radius 3 is 2.25 bits per heavy atom. The first-order valence-electron chi connectivity index (χ1n) is 10.1. The maximum atomic E-state index is 13.0. The largest absolute Gasteiger partial charge is 0.492 e. The van der Waals surface area contributed by atoms with Crippen LogP contribution in [-0.2, 0) is 6.54 Å². The predicted octanol–water partition coefficient (Wildman–Crippen LogP) is 3.77. The predicted molar refractivity (Wildman–Crippen MR) is 116 cm³/mol. The molecule has 3 aromatic rings. The van der Waals surface area contributed by atoms with Gasteiger partial charge in [-0.25, -0.2) is 4.39 Å². The molecule has 1 aliphatic rings. The van der Waals surface area contributed by atoms with Crippen molar-refractivity contribution in [1.82, 2.24) is 9.80 Å².